The molecule has 0 spiro atoms. The molecule has 1 aliphatic rings. The van der Waals surface area contributed by atoms with Crippen molar-refractivity contribution in [1.82, 2.24) is 15.1 Å². The van der Waals surface area contributed by atoms with E-state index < -0.39 is 0 Å². The summed E-state index contributed by atoms with van der Waals surface area (Å²) in [4.78, 5) is 19.1. The van der Waals surface area contributed by atoms with Crippen LogP contribution < -0.4 is 14.8 Å². The number of nitrogens with zero attached hydrogens (tertiary/aromatic N) is 2. The van der Waals surface area contributed by atoms with Crippen LogP contribution in [0.15, 0.2) is 30.3 Å². The molecule has 0 unspecified atom stereocenters. The van der Waals surface area contributed by atoms with Gasteiger partial charge in [0.1, 0.15) is 6.61 Å². The first-order valence-corrected chi connectivity index (χ1v) is 12.6. The van der Waals surface area contributed by atoms with Crippen molar-refractivity contribution in [1.29, 1.82) is 0 Å². The molecule has 1 amide bonds. The third-order valence-corrected chi connectivity index (χ3v) is 7.38. The fourth-order valence-corrected chi connectivity index (χ4v) is 5.12. The number of halogens is 1. The standard InChI is InChI=1S/C25H37N3O3S.ClH/c1-5-20-9-8-14-28(20)18-26-25(29)24-13-12-23(32-24)19-10-11-21(22(17-19)30-4)31-16-15-27(6-2)7-3;/h10-13,17,20H,5-9,14-16,18H2,1-4H3,(H,26,29);1H/t20-;/m0./s1. The molecule has 0 bridgehead atoms. The number of thiophene rings is 1. The number of methoxy groups -OCH3 is 1. The van der Waals surface area contributed by atoms with Crippen LogP contribution in [0.3, 0.4) is 0 Å². The Balaban J connectivity index is 0.00000385. The molecule has 2 aromatic rings. The molecule has 1 atom stereocenters. The minimum absolute atomic E-state index is 0. The van der Waals surface area contributed by atoms with Crippen LogP contribution in [0.4, 0.5) is 0 Å². The maximum atomic E-state index is 12.7. The van der Waals surface area contributed by atoms with E-state index in [1.807, 2.05) is 30.3 Å². The highest BCUT2D eigenvalue weighted by Crippen LogP contribution is 2.35. The minimum Gasteiger partial charge on any atom is -0.493 e. The zero-order valence-corrected chi connectivity index (χ0v) is 21.9. The number of ether oxygens (including phenoxy) is 2. The molecule has 1 N–H and O–H groups in total. The maximum absolute atomic E-state index is 12.7. The topological polar surface area (TPSA) is 54.0 Å². The lowest BCUT2D eigenvalue weighted by Crippen LogP contribution is -2.39. The SMILES string of the molecule is CC[C@H]1CCCN1CNC(=O)c1ccc(-c2ccc(OCCN(CC)CC)c(OC)c2)s1.Cl. The molecule has 0 aliphatic carbocycles. The van der Waals surface area contributed by atoms with Crippen LogP contribution >= 0.6 is 23.7 Å². The number of hydrogen-bond donors (Lipinski definition) is 1. The fraction of sp³-hybridized carbons (Fsp3) is 0.560. The predicted octanol–water partition coefficient (Wildman–Crippen LogP) is 5.13. The first-order valence-electron chi connectivity index (χ1n) is 11.7. The molecular formula is C25H38ClN3O3S. The lowest BCUT2D eigenvalue weighted by molar-refractivity contribution is 0.0921. The van der Waals surface area contributed by atoms with Crippen molar-refractivity contribution < 1.29 is 14.3 Å². The van der Waals surface area contributed by atoms with Crippen LogP contribution in [-0.4, -0.2) is 68.3 Å². The molecule has 1 aromatic heterocycles. The van der Waals surface area contributed by atoms with E-state index in [1.54, 1.807) is 7.11 Å². The van der Waals surface area contributed by atoms with Crippen molar-refractivity contribution in [3.8, 4) is 21.9 Å². The first-order chi connectivity index (χ1) is 15.6. The van der Waals surface area contributed by atoms with Gasteiger partial charge in [-0.15, -0.1) is 23.7 Å². The third-order valence-electron chi connectivity index (χ3n) is 6.25. The zero-order valence-electron chi connectivity index (χ0n) is 20.3. The minimum atomic E-state index is -0.00803. The molecule has 2 heterocycles. The summed E-state index contributed by atoms with van der Waals surface area (Å²) in [5, 5.41) is 3.09. The normalized spacial score (nSPS) is 16.0. The van der Waals surface area contributed by atoms with E-state index in [9.17, 15) is 4.79 Å². The van der Waals surface area contributed by atoms with Gasteiger partial charge in [-0.25, -0.2) is 0 Å². The molecule has 8 heteroatoms. The van der Waals surface area contributed by atoms with Gasteiger partial charge in [-0.1, -0.05) is 20.8 Å². The Morgan fingerprint density at radius 1 is 1.18 bits per heavy atom. The van der Waals surface area contributed by atoms with Crippen LogP contribution in [0.25, 0.3) is 10.4 Å². The number of hydrogen-bond acceptors (Lipinski definition) is 6. The zero-order chi connectivity index (χ0) is 22.9. The van der Waals surface area contributed by atoms with Crippen molar-refractivity contribution in [2.24, 2.45) is 0 Å². The van der Waals surface area contributed by atoms with E-state index in [0.717, 1.165) is 53.7 Å². The van der Waals surface area contributed by atoms with Gasteiger partial charge in [0.05, 0.1) is 18.7 Å². The molecule has 33 heavy (non-hydrogen) atoms. The number of nitrogens with one attached hydrogen (secondary N) is 1. The van der Waals surface area contributed by atoms with Gasteiger partial charge in [0.2, 0.25) is 0 Å². The van der Waals surface area contributed by atoms with Gasteiger partial charge in [-0.05, 0) is 68.2 Å². The Morgan fingerprint density at radius 3 is 2.67 bits per heavy atom. The van der Waals surface area contributed by atoms with Crippen LogP contribution in [0, 0.1) is 0 Å². The average molecular weight is 496 g/mol. The van der Waals surface area contributed by atoms with Crippen LogP contribution in [0.2, 0.25) is 0 Å². The number of amides is 1. The molecule has 6 nitrogen and oxygen atoms in total. The quantitative estimate of drug-likeness (QED) is 0.442. The Labute approximate surface area is 208 Å². The van der Waals surface area contributed by atoms with Gasteiger partial charge < -0.3 is 19.7 Å². The highest BCUT2D eigenvalue weighted by molar-refractivity contribution is 7.17. The van der Waals surface area contributed by atoms with E-state index in [2.05, 4.69) is 35.9 Å². The molecule has 1 aromatic carbocycles. The fourth-order valence-electron chi connectivity index (χ4n) is 4.21. The number of carbonyl (C=O) groups excluding carboxylic acids is 1. The van der Waals surface area contributed by atoms with Gasteiger partial charge in [0, 0.05) is 24.0 Å². The van der Waals surface area contributed by atoms with Crippen molar-refractivity contribution in [2.75, 3.05) is 46.6 Å². The number of rotatable bonds is 12. The van der Waals surface area contributed by atoms with Gasteiger partial charge >= 0.3 is 0 Å². The summed E-state index contributed by atoms with van der Waals surface area (Å²) < 4.78 is 11.5. The average Bonchev–Trinajstić information content (AvgIpc) is 3.50. The number of likely N-dealkylation sites (tertiary alicyclic amines) is 1. The van der Waals surface area contributed by atoms with Gasteiger partial charge in [0.25, 0.3) is 5.91 Å². The van der Waals surface area contributed by atoms with Crippen LogP contribution in [0.1, 0.15) is 49.7 Å². The van der Waals surface area contributed by atoms with Crippen molar-refractivity contribution in [2.45, 2.75) is 46.1 Å². The molecule has 1 saturated heterocycles. The number of benzene rings is 1. The van der Waals surface area contributed by atoms with Gasteiger partial charge in [-0.2, -0.15) is 0 Å². The maximum Gasteiger partial charge on any atom is 0.262 e. The number of likely N-dealkylation sites (N-methyl/N-ethyl adjacent to an activating group) is 1. The predicted molar refractivity (Wildman–Crippen MR) is 139 cm³/mol. The van der Waals surface area contributed by atoms with E-state index in [1.165, 1.54) is 24.2 Å². The molecule has 184 valence electrons. The largest absolute Gasteiger partial charge is 0.493 e. The van der Waals surface area contributed by atoms with E-state index in [-0.39, 0.29) is 18.3 Å². The monoisotopic (exact) mass is 495 g/mol. The van der Waals surface area contributed by atoms with Crippen molar-refractivity contribution >= 4 is 29.7 Å². The Kier molecular flexibility index (Phi) is 11.5. The second-order valence-corrected chi connectivity index (χ2v) is 9.17. The Bertz CT molecular complexity index is 872. The Hall–Kier alpha value is -1.80. The summed E-state index contributed by atoms with van der Waals surface area (Å²) in [7, 11) is 1.66. The van der Waals surface area contributed by atoms with Gasteiger partial charge in [-0.3, -0.25) is 9.69 Å². The lowest BCUT2D eigenvalue weighted by Gasteiger charge is -2.23. The summed E-state index contributed by atoms with van der Waals surface area (Å²) in [5.74, 6) is 1.45. The van der Waals surface area contributed by atoms with Gasteiger partial charge in [0.15, 0.2) is 11.5 Å². The summed E-state index contributed by atoms with van der Waals surface area (Å²) in [6.07, 6.45) is 3.58. The summed E-state index contributed by atoms with van der Waals surface area (Å²) >= 11 is 1.50. The van der Waals surface area contributed by atoms with E-state index in [0.29, 0.717) is 25.1 Å². The first kappa shape index (κ1) is 27.4. The van der Waals surface area contributed by atoms with Crippen LogP contribution in [-0.2, 0) is 0 Å². The second-order valence-electron chi connectivity index (χ2n) is 8.09. The van der Waals surface area contributed by atoms with Crippen molar-refractivity contribution in [3.05, 3.63) is 35.2 Å². The molecule has 3 rings (SSSR count). The molecule has 1 aliphatic heterocycles. The third kappa shape index (κ3) is 7.34. The molecule has 0 saturated carbocycles. The molecule has 1 fully saturated rings. The van der Waals surface area contributed by atoms with E-state index >= 15 is 0 Å². The molecule has 0 radical (unpaired) electrons. The summed E-state index contributed by atoms with van der Waals surface area (Å²) in [5.41, 5.74) is 1.02. The highest BCUT2D eigenvalue weighted by atomic mass is 35.5. The summed E-state index contributed by atoms with van der Waals surface area (Å²) in [6.45, 7) is 11.8. The Morgan fingerprint density at radius 2 is 1.97 bits per heavy atom. The second kappa shape index (κ2) is 13.8. The highest BCUT2D eigenvalue weighted by Gasteiger charge is 2.23. The van der Waals surface area contributed by atoms with E-state index in [4.69, 9.17) is 9.47 Å². The van der Waals surface area contributed by atoms with Crippen molar-refractivity contribution in [3.63, 3.8) is 0 Å². The summed E-state index contributed by atoms with van der Waals surface area (Å²) in [6, 6.07) is 10.5. The lowest BCUT2D eigenvalue weighted by atomic mass is 10.1. The van der Waals surface area contributed by atoms with Crippen LogP contribution in [0.5, 0.6) is 11.5 Å². The molecular weight excluding hydrogens is 458 g/mol. The number of carbonyl (C=O) groups is 1. The smallest absolute Gasteiger partial charge is 0.262 e.